The van der Waals surface area contributed by atoms with Crippen molar-refractivity contribution < 1.29 is 4.74 Å². The number of aliphatic imine (C=N–C) groups is 1. The summed E-state index contributed by atoms with van der Waals surface area (Å²) in [4.78, 5) is 16.2. The lowest BCUT2D eigenvalue weighted by atomic mass is 10.1. The minimum atomic E-state index is 0. The number of nitrogens with one attached hydrogen (secondary N) is 1. The maximum Gasteiger partial charge on any atom is 0.194 e. The first-order valence-corrected chi connectivity index (χ1v) is 10.8. The van der Waals surface area contributed by atoms with E-state index in [1.54, 1.807) is 0 Å². The Labute approximate surface area is 202 Å². The monoisotopic (exact) mass is 536 g/mol. The Morgan fingerprint density at radius 1 is 0.968 bits per heavy atom. The summed E-state index contributed by atoms with van der Waals surface area (Å²) in [6, 6.07) is 14.8. The third-order valence-electron chi connectivity index (χ3n) is 5.82. The van der Waals surface area contributed by atoms with E-state index in [0.717, 1.165) is 77.3 Å². The van der Waals surface area contributed by atoms with Crippen LogP contribution in [0.15, 0.2) is 53.7 Å². The molecule has 2 saturated heterocycles. The van der Waals surface area contributed by atoms with Crippen LogP contribution in [0.2, 0.25) is 0 Å². The van der Waals surface area contributed by atoms with Gasteiger partial charge in [-0.05, 0) is 23.3 Å². The number of aromatic nitrogens is 1. The van der Waals surface area contributed by atoms with Crippen LogP contribution in [0.5, 0.6) is 0 Å². The second-order valence-corrected chi connectivity index (χ2v) is 7.72. The number of piperazine rings is 1. The van der Waals surface area contributed by atoms with E-state index in [1.165, 1.54) is 11.1 Å². The van der Waals surface area contributed by atoms with Gasteiger partial charge in [-0.1, -0.05) is 30.3 Å². The molecule has 0 atom stereocenters. The molecule has 1 aromatic carbocycles. The molecule has 8 heteroatoms. The van der Waals surface area contributed by atoms with Gasteiger partial charge in [0.2, 0.25) is 0 Å². The molecule has 0 bridgehead atoms. The van der Waals surface area contributed by atoms with Gasteiger partial charge in [-0.3, -0.25) is 9.89 Å². The van der Waals surface area contributed by atoms with Crippen LogP contribution < -0.4 is 10.2 Å². The van der Waals surface area contributed by atoms with E-state index in [2.05, 4.69) is 60.3 Å². The fraction of sp³-hybridized carbons (Fsp3) is 0.478. The number of halogens is 1. The van der Waals surface area contributed by atoms with Crippen molar-refractivity contribution in [2.75, 3.05) is 64.4 Å². The minimum Gasteiger partial charge on any atom is -0.379 e. The zero-order valence-corrected chi connectivity index (χ0v) is 20.6. The van der Waals surface area contributed by atoms with Gasteiger partial charge >= 0.3 is 0 Å². The van der Waals surface area contributed by atoms with Crippen LogP contribution >= 0.6 is 24.0 Å². The molecule has 0 radical (unpaired) electrons. The van der Waals surface area contributed by atoms with Crippen LogP contribution in [-0.2, 0) is 17.8 Å². The van der Waals surface area contributed by atoms with Crippen LogP contribution in [0.1, 0.15) is 11.1 Å². The molecule has 31 heavy (non-hydrogen) atoms. The molecule has 4 rings (SSSR count). The van der Waals surface area contributed by atoms with E-state index in [4.69, 9.17) is 4.74 Å². The largest absolute Gasteiger partial charge is 0.379 e. The average molecular weight is 536 g/mol. The fourth-order valence-electron chi connectivity index (χ4n) is 4.08. The van der Waals surface area contributed by atoms with Crippen LogP contribution in [0.4, 0.5) is 5.82 Å². The first kappa shape index (κ1) is 23.7. The molecule has 2 fully saturated rings. The van der Waals surface area contributed by atoms with Gasteiger partial charge in [-0.25, -0.2) is 4.98 Å². The lowest BCUT2D eigenvalue weighted by Crippen LogP contribution is -2.52. The van der Waals surface area contributed by atoms with Gasteiger partial charge in [-0.15, -0.1) is 24.0 Å². The predicted octanol–water partition coefficient (Wildman–Crippen LogP) is 2.43. The van der Waals surface area contributed by atoms with Crippen LogP contribution in [-0.4, -0.2) is 80.3 Å². The smallest absolute Gasteiger partial charge is 0.194 e. The van der Waals surface area contributed by atoms with Crippen molar-refractivity contribution in [3.63, 3.8) is 0 Å². The summed E-state index contributed by atoms with van der Waals surface area (Å²) in [5.41, 5.74) is 2.71. The summed E-state index contributed by atoms with van der Waals surface area (Å²) in [5, 5.41) is 3.59. The third-order valence-corrected chi connectivity index (χ3v) is 5.82. The molecule has 2 aliphatic rings. The molecular formula is C23H33IN6O. The number of morpholine rings is 1. The Hall–Kier alpha value is -1.91. The number of anilines is 1. The molecule has 3 heterocycles. The lowest BCUT2D eigenvalue weighted by Gasteiger charge is -2.37. The van der Waals surface area contributed by atoms with Crippen LogP contribution in [0.3, 0.4) is 0 Å². The molecule has 0 saturated carbocycles. The molecule has 0 aliphatic carbocycles. The number of guanidine groups is 1. The molecule has 168 valence electrons. The average Bonchev–Trinajstić information content (AvgIpc) is 2.82. The second-order valence-electron chi connectivity index (χ2n) is 7.72. The van der Waals surface area contributed by atoms with Crippen molar-refractivity contribution in [2.24, 2.45) is 4.99 Å². The van der Waals surface area contributed by atoms with E-state index in [9.17, 15) is 0 Å². The minimum absolute atomic E-state index is 0. The molecule has 0 unspecified atom stereocenters. The first-order valence-electron chi connectivity index (χ1n) is 10.8. The van der Waals surface area contributed by atoms with Gasteiger partial charge in [0.1, 0.15) is 5.82 Å². The van der Waals surface area contributed by atoms with Crippen molar-refractivity contribution in [1.82, 2.24) is 20.1 Å². The summed E-state index contributed by atoms with van der Waals surface area (Å²) in [6.45, 7) is 9.20. The molecule has 0 spiro atoms. The van der Waals surface area contributed by atoms with Gasteiger partial charge in [0.15, 0.2) is 5.96 Å². The van der Waals surface area contributed by atoms with Gasteiger partial charge in [0.25, 0.3) is 0 Å². The van der Waals surface area contributed by atoms with E-state index in [1.807, 2.05) is 25.4 Å². The molecule has 7 nitrogen and oxygen atoms in total. The second kappa shape index (κ2) is 12.2. The SMILES string of the molecule is CN=C(NCc1ccccc1CN1CCOCC1)N1CCN(c2ccccn2)CC1.I. The highest BCUT2D eigenvalue weighted by atomic mass is 127. The van der Waals surface area contributed by atoms with Crippen LogP contribution in [0, 0.1) is 0 Å². The van der Waals surface area contributed by atoms with E-state index >= 15 is 0 Å². The predicted molar refractivity (Wildman–Crippen MR) is 136 cm³/mol. The number of hydrogen-bond acceptors (Lipinski definition) is 5. The van der Waals surface area contributed by atoms with E-state index in [0.29, 0.717) is 0 Å². The Morgan fingerprint density at radius 2 is 1.68 bits per heavy atom. The third kappa shape index (κ3) is 6.54. The highest BCUT2D eigenvalue weighted by molar-refractivity contribution is 14.0. The normalized spacial score (nSPS) is 17.9. The van der Waals surface area contributed by atoms with Gasteiger partial charge in [0, 0.05) is 65.6 Å². The van der Waals surface area contributed by atoms with Gasteiger partial charge < -0.3 is 19.9 Å². The molecule has 2 aliphatic heterocycles. The summed E-state index contributed by atoms with van der Waals surface area (Å²) in [7, 11) is 1.87. The quantitative estimate of drug-likeness (QED) is 0.360. The maximum atomic E-state index is 5.48. The molecule has 1 aromatic heterocycles. The first-order chi connectivity index (χ1) is 14.8. The Morgan fingerprint density at radius 3 is 2.35 bits per heavy atom. The van der Waals surface area contributed by atoms with Crippen molar-refractivity contribution in [2.45, 2.75) is 13.1 Å². The summed E-state index contributed by atoms with van der Waals surface area (Å²) in [5.74, 6) is 2.02. The zero-order chi connectivity index (χ0) is 20.6. The topological polar surface area (TPSA) is 56.2 Å². The number of rotatable bonds is 5. The zero-order valence-electron chi connectivity index (χ0n) is 18.2. The number of hydrogen-bond donors (Lipinski definition) is 1. The number of ether oxygens (including phenoxy) is 1. The van der Waals surface area contributed by atoms with Crippen LogP contribution in [0.25, 0.3) is 0 Å². The van der Waals surface area contributed by atoms with Crippen molar-refractivity contribution >= 4 is 35.8 Å². The van der Waals surface area contributed by atoms with Crippen molar-refractivity contribution in [1.29, 1.82) is 0 Å². The number of nitrogens with zero attached hydrogens (tertiary/aromatic N) is 5. The molecule has 2 aromatic rings. The Balaban J connectivity index is 0.00000272. The molecular weight excluding hydrogens is 503 g/mol. The summed E-state index contributed by atoms with van der Waals surface area (Å²) < 4.78 is 5.48. The van der Waals surface area contributed by atoms with E-state index in [-0.39, 0.29) is 24.0 Å². The standard InChI is InChI=1S/C23H32N6O.HI/c1-24-23(29-12-10-28(11-13-29)22-8-4-5-9-25-22)26-18-20-6-2-3-7-21(20)19-27-14-16-30-17-15-27;/h2-9H,10-19H2,1H3,(H,24,26);1H. The van der Waals surface area contributed by atoms with Gasteiger partial charge in [0.05, 0.1) is 13.2 Å². The molecule has 0 amide bonds. The Bertz CT molecular complexity index is 820. The summed E-state index contributed by atoms with van der Waals surface area (Å²) >= 11 is 0. The maximum absolute atomic E-state index is 5.48. The number of pyridine rings is 1. The highest BCUT2D eigenvalue weighted by Crippen LogP contribution is 2.15. The fourth-order valence-corrected chi connectivity index (χ4v) is 4.08. The van der Waals surface area contributed by atoms with Crippen molar-refractivity contribution in [3.05, 3.63) is 59.8 Å². The number of benzene rings is 1. The van der Waals surface area contributed by atoms with Gasteiger partial charge in [-0.2, -0.15) is 0 Å². The lowest BCUT2D eigenvalue weighted by molar-refractivity contribution is 0.0341. The Kier molecular flexibility index (Phi) is 9.35. The van der Waals surface area contributed by atoms with E-state index < -0.39 is 0 Å². The molecule has 1 N–H and O–H groups in total. The van der Waals surface area contributed by atoms with Crippen molar-refractivity contribution in [3.8, 4) is 0 Å². The summed E-state index contributed by atoms with van der Waals surface area (Å²) in [6.07, 6.45) is 1.86. The highest BCUT2D eigenvalue weighted by Gasteiger charge is 2.20.